The van der Waals surface area contributed by atoms with Crippen LogP contribution < -0.4 is 10.6 Å². The number of hydrogen-bond acceptors (Lipinski definition) is 12. The summed E-state index contributed by atoms with van der Waals surface area (Å²) in [6.07, 6.45) is 3.60. The molecular weight excluding hydrogens is 504 g/mol. The molecule has 0 aromatic carbocycles. The number of aliphatic hydroxyl groups excluding tert-OH is 2. The maximum atomic E-state index is 11.0. The third-order valence-corrected chi connectivity index (χ3v) is 7.88. The van der Waals surface area contributed by atoms with Crippen LogP contribution in [0.25, 0.3) is 11.2 Å². The van der Waals surface area contributed by atoms with E-state index in [0.717, 1.165) is 38.2 Å². The molecule has 3 aromatic rings. The average Bonchev–Trinajstić information content (AvgIpc) is 3.68. The third kappa shape index (κ3) is 5.59. The lowest BCUT2D eigenvalue weighted by Crippen LogP contribution is -2.34. The van der Waals surface area contributed by atoms with E-state index < -0.39 is 24.5 Å². The molecule has 1 unspecified atom stereocenters. The lowest BCUT2D eigenvalue weighted by Gasteiger charge is -2.26. The van der Waals surface area contributed by atoms with Crippen LogP contribution in [0.2, 0.25) is 0 Å². The first-order valence-corrected chi connectivity index (χ1v) is 14.1. The van der Waals surface area contributed by atoms with Crippen LogP contribution in [0.5, 0.6) is 0 Å². The number of piperidine rings is 1. The highest BCUT2D eigenvalue weighted by Gasteiger charge is 2.47. The molecule has 0 amide bonds. The molecule has 3 aromatic heterocycles. The Morgan fingerprint density at radius 1 is 1.08 bits per heavy atom. The molecule has 212 valence electrons. The van der Waals surface area contributed by atoms with Crippen molar-refractivity contribution in [3.8, 4) is 0 Å². The Bertz CT molecular complexity index is 1240. The van der Waals surface area contributed by atoms with Gasteiger partial charge in [-0.2, -0.15) is 9.97 Å². The second kappa shape index (κ2) is 11.7. The highest BCUT2D eigenvalue weighted by atomic mass is 16.6. The lowest BCUT2D eigenvalue weighted by atomic mass is 10.1. The van der Waals surface area contributed by atoms with E-state index in [1.165, 1.54) is 19.3 Å². The largest absolute Gasteiger partial charge is 0.387 e. The molecule has 39 heavy (non-hydrogen) atoms. The summed E-state index contributed by atoms with van der Waals surface area (Å²) in [6, 6.07) is 1.96. The van der Waals surface area contributed by atoms with E-state index in [1.54, 1.807) is 17.0 Å². The molecule has 0 spiro atoms. The fourth-order valence-corrected chi connectivity index (χ4v) is 5.58. The van der Waals surface area contributed by atoms with E-state index in [2.05, 4.69) is 25.7 Å². The van der Waals surface area contributed by atoms with E-state index in [1.807, 2.05) is 6.92 Å². The minimum Gasteiger partial charge on any atom is -0.387 e. The molecule has 3 saturated heterocycles. The molecule has 4 N–H and O–H groups in total. The van der Waals surface area contributed by atoms with E-state index >= 15 is 0 Å². The smallest absolute Gasteiger partial charge is 0.226 e. The summed E-state index contributed by atoms with van der Waals surface area (Å²) < 4.78 is 18.7. The van der Waals surface area contributed by atoms with E-state index in [-0.39, 0.29) is 6.04 Å². The summed E-state index contributed by atoms with van der Waals surface area (Å²) in [7, 11) is 0. The molecule has 0 bridgehead atoms. The van der Waals surface area contributed by atoms with Gasteiger partial charge in [0.2, 0.25) is 5.95 Å². The molecule has 3 aliphatic rings. The van der Waals surface area contributed by atoms with Crippen molar-refractivity contribution in [1.29, 1.82) is 0 Å². The van der Waals surface area contributed by atoms with Gasteiger partial charge in [0.1, 0.15) is 18.3 Å². The van der Waals surface area contributed by atoms with Crippen LogP contribution >= 0.6 is 0 Å². The van der Waals surface area contributed by atoms with Gasteiger partial charge < -0.3 is 39.7 Å². The zero-order chi connectivity index (χ0) is 26.8. The maximum absolute atomic E-state index is 11.0. The highest BCUT2D eigenvalue weighted by molar-refractivity contribution is 5.84. The molecule has 13 heteroatoms. The minimum absolute atomic E-state index is 0.210. The first kappa shape index (κ1) is 26.4. The SMILES string of the molecule is CCc1cc(C2O[C@@H](n3cnc4c(NC5CCOCC5)nc(NCCN5CCCCC5)nc43)[C@H](O)[C@@H]2O)on1. The third-order valence-electron chi connectivity index (χ3n) is 7.88. The van der Waals surface area contributed by atoms with Crippen molar-refractivity contribution >= 4 is 22.9 Å². The van der Waals surface area contributed by atoms with Crippen LogP contribution in [0, 0.1) is 0 Å². The van der Waals surface area contributed by atoms with E-state index in [9.17, 15) is 10.2 Å². The zero-order valence-corrected chi connectivity index (χ0v) is 22.3. The first-order valence-electron chi connectivity index (χ1n) is 14.1. The fourth-order valence-electron chi connectivity index (χ4n) is 5.58. The van der Waals surface area contributed by atoms with Crippen LogP contribution in [0.4, 0.5) is 11.8 Å². The van der Waals surface area contributed by atoms with Crippen LogP contribution in [-0.2, 0) is 15.9 Å². The van der Waals surface area contributed by atoms with Gasteiger partial charge in [-0.3, -0.25) is 4.57 Å². The van der Waals surface area contributed by atoms with Crippen molar-refractivity contribution < 1.29 is 24.2 Å². The minimum atomic E-state index is -1.22. The predicted molar refractivity (Wildman–Crippen MR) is 142 cm³/mol. The number of nitrogens with zero attached hydrogens (tertiary/aromatic N) is 6. The summed E-state index contributed by atoms with van der Waals surface area (Å²) in [6.45, 7) is 7.23. The summed E-state index contributed by atoms with van der Waals surface area (Å²) in [4.78, 5) is 16.6. The van der Waals surface area contributed by atoms with Gasteiger partial charge in [-0.05, 0) is 45.2 Å². The Kier molecular flexibility index (Phi) is 7.93. The number of aromatic nitrogens is 5. The number of hydrogen-bond donors (Lipinski definition) is 4. The summed E-state index contributed by atoms with van der Waals surface area (Å²) in [5.41, 5.74) is 1.83. The van der Waals surface area contributed by atoms with Crippen molar-refractivity contribution in [2.75, 3.05) is 50.0 Å². The Morgan fingerprint density at radius 2 is 1.90 bits per heavy atom. The van der Waals surface area contributed by atoms with Gasteiger partial charge in [0.15, 0.2) is 29.0 Å². The van der Waals surface area contributed by atoms with Crippen molar-refractivity contribution in [3.63, 3.8) is 0 Å². The first-order chi connectivity index (χ1) is 19.1. The zero-order valence-electron chi connectivity index (χ0n) is 22.3. The Labute approximate surface area is 226 Å². The average molecular weight is 543 g/mol. The lowest BCUT2D eigenvalue weighted by molar-refractivity contribution is -0.0434. The van der Waals surface area contributed by atoms with Gasteiger partial charge in [0, 0.05) is 38.4 Å². The summed E-state index contributed by atoms with van der Waals surface area (Å²) in [5, 5.41) is 32.7. The van der Waals surface area contributed by atoms with Gasteiger partial charge in [-0.25, -0.2) is 4.98 Å². The van der Waals surface area contributed by atoms with Crippen LogP contribution in [0.15, 0.2) is 16.9 Å². The molecule has 13 nitrogen and oxygen atoms in total. The van der Waals surface area contributed by atoms with Crippen molar-refractivity contribution in [2.24, 2.45) is 0 Å². The molecule has 6 rings (SSSR count). The summed E-state index contributed by atoms with van der Waals surface area (Å²) in [5.74, 6) is 1.48. The van der Waals surface area contributed by atoms with Gasteiger partial charge in [-0.1, -0.05) is 18.5 Å². The number of likely N-dealkylation sites (tertiary alicyclic amines) is 1. The topological polar surface area (TPSA) is 156 Å². The van der Waals surface area contributed by atoms with Crippen molar-refractivity contribution in [1.82, 2.24) is 29.6 Å². The number of imidazole rings is 1. The van der Waals surface area contributed by atoms with Crippen molar-refractivity contribution in [2.45, 2.75) is 76.0 Å². The number of aliphatic hydroxyl groups is 2. The number of fused-ring (bicyclic) bond motifs is 1. The molecule has 6 heterocycles. The normalized spacial score (nSPS) is 26.8. The Morgan fingerprint density at radius 3 is 2.67 bits per heavy atom. The van der Waals surface area contributed by atoms with Crippen LogP contribution in [0.3, 0.4) is 0 Å². The van der Waals surface area contributed by atoms with Gasteiger partial charge >= 0.3 is 0 Å². The molecule has 0 aliphatic carbocycles. The Balaban J connectivity index is 1.27. The highest BCUT2D eigenvalue weighted by Crippen LogP contribution is 2.40. The quantitative estimate of drug-likeness (QED) is 0.312. The number of rotatable bonds is 9. The molecule has 4 atom stereocenters. The van der Waals surface area contributed by atoms with Gasteiger partial charge in [-0.15, -0.1) is 0 Å². The number of anilines is 2. The number of nitrogens with one attached hydrogen (secondary N) is 2. The molecular formula is C26H38N8O5. The molecule has 3 aliphatic heterocycles. The Hall–Kier alpha value is -2.84. The van der Waals surface area contributed by atoms with Gasteiger partial charge in [0.25, 0.3) is 0 Å². The summed E-state index contributed by atoms with van der Waals surface area (Å²) >= 11 is 0. The predicted octanol–water partition coefficient (Wildman–Crippen LogP) is 1.86. The standard InChI is InChI=1S/C26H38N8O5/c1-2-16-14-18(39-32-16)22-20(35)21(36)25(38-22)34-15-28-19-23(29-17-6-12-37-13-7-17)30-26(31-24(19)34)27-8-11-33-9-4-3-5-10-33/h14-15,17,20-22,25,35-36H,2-13H2,1H3,(H2,27,29,30,31)/t20-,21+,22?,25+/m0/s1. The molecule has 0 saturated carbocycles. The van der Waals surface area contributed by atoms with Crippen LogP contribution in [-0.4, -0.2) is 97.4 Å². The van der Waals surface area contributed by atoms with E-state index in [0.29, 0.717) is 54.9 Å². The number of ether oxygens (including phenoxy) is 2. The van der Waals surface area contributed by atoms with Crippen molar-refractivity contribution in [3.05, 3.63) is 23.8 Å². The van der Waals surface area contributed by atoms with E-state index in [4.69, 9.17) is 24.0 Å². The number of aryl methyl sites for hydroxylation is 1. The van der Waals surface area contributed by atoms with Crippen LogP contribution in [0.1, 0.15) is 62.8 Å². The molecule has 3 fully saturated rings. The van der Waals surface area contributed by atoms with Gasteiger partial charge in [0.05, 0.1) is 12.0 Å². The fraction of sp³-hybridized carbons (Fsp3) is 0.692. The second-order valence-electron chi connectivity index (χ2n) is 10.6. The maximum Gasteiger partial charge on any atom is 0.226 e. The monoisotopic (exact) mass is 542 g/mol. The second-order valence-corrected chi connectivity index (χ2v) is 10.6. The molecule has 0 radical (unpaired) electrons.